The van der Waals surface area contributed by atoms with Gasteiger partial charge in [-0.05, 0) is 12.8 Å². The SMILES string of the molecule is O=S([O-])CCCCC(Br)CBr. The summed E-state index contributed by atoms with van der Waals surface area (Å²) >= 11 is 4.91. The molecule has 68 valence electrons. The van der Waals surface area contributed by atoms with E-state index in [4.69, 9.17) is 0 Å². The molecule has 0 rings (SSSR count). The first-order valence-corrected chi connectivity index (χ1v) is 6.71. The summed E-state index contributed by atoms with van der Waals surface area (Å²) in [6, 6.07) is 0. The molecule has 0 aromatic heterocycles. The molecule has 0 fully saturated rings. The van der Waals surface area contributed by atoms with E-state index >= 15 is 0 Å². The van der Waals surface area contributed by atoms with Gasteiger partial charge in [-0.15, -0.1) is 0 Å². The second-order valence-corrected chi connectivity index (χ2v) is 5.21. The predicted molar refractivity (Wildman–Crippen MR) is 54.1 cm³/mol. The van der Waals surface area contributed by atoms with Crippen molar-refractivity contribution in [3.63, 3.8) is 0 Å². The summed E-state index contributed by atoms with van der Waals surface area (Å²) in [5.74, 6) is 0.294. The van der Waals surface area contributed by atoms with Crippen LogP contribution in [0.1, 0.15) is 19.3 Å². The molecule has 0 heterocycles. The highest BCUT2D eigenvalue weighted by molar-refractivity contribution is 9.12. The zero-order valence-corrected chi connectivity index (χ0v) is 10.1. The number of hydrogen-bond donors (Lipinski definition) is 0. The van der Waals surface area contributed by atoms with Crippen LogP contribution in [0.4, 0.5) is 0 Å². The first-order chi connectivity index (χ1) is 5.16. The van der Waals surface area contributed by atoms with Crippen LogP contribution in [-0.4, -0.2) is 24.7 Å². The van der Waals surface area contributed by atoms with E-state index < -0.39 is 11.1 Å². The van der Waals surface area contributed by atoms with Crippen LogP contribution in [0.5, 0.6) is 0 Å². The fraction of sp³-hybridized carbons (Fsp3) is 1.00. The normalized spacial score (nSPS) is 16.3. The average Bonchev–Trinajstić information content (AvgIpc) is 1.97. The van der Waals surface area contributed by atoms with Crippen molar-refractivity contribution in [1.82, 2.24) is 0 Å². The lowest BCUT2D eigenvalue weighted by Gasteiger charge is -2.06. The summed E-state index contributed by atoms with van der Waals surface area (Å²) < 4.78 is 20.2. The highest BCUT2D eigenvalue weighted by atomic mass is 79.9. The van der Waals surface area contributed by atoms with Crippen molar-refractivity contribution in [2.75, 3.05) is 11.1 Å². The number of unbranched alkanes of at least 4 members (excludes halogenated alkanes) is 1. The van der Waals surface area contributed by atoms with E-state index in [0.717, 1.165) is 24.6 Å². The smallest absolute Gasteiger partial charge is 0.0242 e. The highest BCUT2D eigenvalue weighted by Gasteiger charge is 1.99. The van der Waals surface area contributed by atoms with Crippen molar-refractivity contribution in [3.05, 3.63) is 0 Å². The molecule has 0 bridgehead atoms. The predicted octanol–water partition coefficient (Wildman–Crippen LogP) is 2.19. The lowest BCUT2D eigenvalue weighted by atomic mass is 10.2. The van der Waals surface area contributed by atoms with Crippen molar-refractivity contribution in [2.24, 2.45) is 0 Å². The van der Waals surface area contributed by atoms with Gasteiger partial charge in [-0.3, -0.25) is 4.21 Å². The Hall–Kier alpha value is 1.07. The van der Waals surface area contributed by atoms with Gasteiger partial charge in [0.25, 0.3) is 0 Å². The van der Waals surface area contributed by atoms with E-state index in [1.807, 2.05) is 0 Å². The molecule has 2 unspecified atom stereocenters. The zero-order chi connectivity index (χ0) is 8.69. The van der Waals surface area contributed by atoms with Crippen molar-refractivity contribution in [1.29, 1.82) is 0 Å². The Bertz CT molecular complexity index is 121. The Labute approximate surface area is 86.7 Å². The molecule has 0 amide bonds. The van der Waals surface area contributed by atoms with E-state index in [9.17, 15) is 8.76 Å². The Balaban J connectivity index is 3.08. The van der Waals surface area contributed by atoms with Gasteiger partial charge in [0.15, 0.2) is 0 Å². The molecule has 0 radical (unpaired) electrons. The monoisotopic (exact) mass is 305 g/mol. The summed E-state index contributed by atoms with van der Waals surface area (Å²) in [5.41, 5.74) is 0. The van der Waals surface area contributed by atoms with Gasteiger partial charge in [-0.1, -0.05) is 49.4 Å². The second-order valence-electron chi connectivity index (χ2n) is 2.26. The van der Waals surface area contributed by atoms with Gasteiger partial charge in [-0.2, -0.15) is 0 Å². The first kappa shape index (κ1) is 12.1. The summed E-state index contributed by atoms with van der Waals surface area (Å²) in [6.07, 6.45) is 2.77. The summed E-state index contributed by atoms with van der Waals surface area (Å²) in [6.45, 7) is 0. The largest absolute Gasteiger partial charge is 0.772 e. The van der Waals surface area contributed by atoms with Crippen molar-refractivity contribution in [3.8, 4) is 0 Å². The zero-order valence-electron chi connectivity index (χ0n) is 6.09. The van der Waals surface area contributed by atoms with E-state index in [2.05, 4.69) is 31.9 Å². The lowest BCUT2D eigenvalue weighted by molar-refractivity contribution is 0.532. The van der Waals surface area contributed by atoms with Crippen LogP contribution in [0, 0.1) is 0 Å². The standard InChI is InChI=1S/C6H12Br2O2S/c7-5-6(8)3-1-2-4-11(9)10/h6H,1-5H2,(H,9,10)/p-1. The van der Waals surface area contributed by atoms with Gasteiger partial charge in [0.2, 0.25) is 0 Å². The highest BCUT2D eigenvalue weighted by Crippen LogP contribution is 2.12. The van der Waals surface area contributed by atoms with Gasteiger partial charge in [0, 0.05) is 15.9 Å². The molecule has 0 saturated carbocycles. The van der Waals surface area contributed by atoms with Gasteiger partial charge < -0.3 is 4.55 Å². The van der Waals surface area contributed by atoms with Crippen molar-refractivity contribution < 1.29 is 8.76 Å². The minimum atomic E-state index is -1.86. The van der Waals surface area contributed by atoms with Crippen molar-refractivity contribution >= 4 is 42.9 Å². The molecule has 2 atom stereocenters. The Kier molecular flexibility index (Phi) is 8.45. The van der Waals surface area contributed by atoms with Crippen LogP contribution in [0.2, 0.25) is 0 Å². The summed E-state index contributed by atoms with van der Waals surface area (Å²) in [5, 5.41) is 0.924. The number of rotatable bonds is 6. The van der Waals surface area contributed by atoms with Crippen LogP contribution >= 0.6 is 31.9 Å². The fourth-order valence-corrected chi connectivity index (χ4v) is 1.75. The Morgan fingerprint density at radius 2 is 2.09 bits per heavy atom. The fourth-order valence-electron chi connectivity index (χ4n) is 0.663. The van der Waals surface area contributed by atoms with E-state index in [0.29, 0.717) is 10.6 Å². The molecule has 11 heavy (non-hydrogen) atoms. The number of halogens is 2. The molecule has 2 nitrogen and oxygen atoms in total. The second kappa shape index (κ2) is 7.71. The van der Waals surface area contributed by atoms with Gasteiger partial charge >= 0.3 is 0 Å². The summed E-state index contributed by atoms with van der Waals surface area (Å²) in [7, 11) is 0. The third kappa shape index (κ3) is 8.98. The van der Waals surface area contributed by atoms with Crippen LogP contribution in [-0.2, 0) is 11.1 Å². The van der Waals surface area contributed by atoms with Crippen molar-refractivity contribution in [2.45, 2.75) is 24.1 Å². The van der Waals surface area contributed by atoms with Crippen LogP contribution < -0.4 is 0 Å². The molecule has 0 spiro atoms. The third-order valence-corrected chi connectivity index (χ3v) is 4.30. The molecule has 0 N–H and O–H groups in total. The maximum absolute atomic E-state index is 10.1. The number of hydrogen-bond acceptors (Lipinski definition) is 2. The third-order valence-electron chi connectivity index (χ3n) is 1.25. The molecule has 0 aliphatic heterocycles. The van der Waals surface area contributed by atoms with Gasteiger partial charge in [0.1, 0.15) is 0 Å². The molecule has 0 saturated heterocycles. The minimum absolute atomic E-state index is 0.294. The van der Waals surface area contributed by atoms with E-state index in [1.165, 1.54) is 0 Å². The first-order valence-electron chi connectivity index (χ1n) is 3.42. The maximum Gasteiger partial charge on any atom is 0.0242 e. The topological polar surface area (TPSA) is 40.1 Å². The van der Waals surface area contributed by atoms with Crippen LogP contribution in [0.25, 0.3) is 0 Å². The van der Waals surface area contributed by atoms with Crippen LogP contribution in [0.3, 0.4) is 0 Å². The molecule has 0 aromatic rings. The molecule has 0 aliphatic rings. The number of alkyl halides is 2. The van der Waals surface area contributed by atoms with Gasteiger partial charge in [0.05, 0.1) is 0 Å². The Morgan fingerprint density at radius 1 is 1.45 bits per heavy atom. The molecular formula is C6H11Br2O2S-. The molecular weight excluding hydrogens is 296 g/mol. The molecule has 0 aliphatic carbocycles. The Morgan fingerprint density at radius 3 is 2.55 bits per heavy atom. The summed E-state index contributed by atoms with van der Waals surface area (Å²) in [4.78, 5) is 0.475. The molecule has 0 aromatic carbocycles. The lowest BCUT2D eigenvalue weighted by Crippen LogP contribution is -2.01. The quantitative estimate of drug-likeness (QED) is 0.429. The maximum atomic E-state index is 10.1. The minimum Gasteiger partial charge on any atom is -0.772 e. The van der Waals surface area contributed by atoms with Crippen LogP contribution in [0.15, 0.2) is 0 Å². The average molecular weight is 307 g/mol. The van der Waals surface area contributed by atoms with E-state index in [1.54, 1.807) is 0 Å². The van der Waals surface area contributed by atoms with E-state index in [-0.39, 0.29) is 0 Å². The van der Waals surface area contributed by atoms with Gasteiger partial charge in [-0.25, -0.2) is 0 Å². The molecule has 5 heteroatoms.